The van der Waals surface area contributed by atoms with Crippen LogP contribution in [-0.2, 0) is 5.41 Å². The van der Waals surface area contributed by atoms with Crippen LogP contribution in [0, 0.1) is 0 Å². The van der Waals surface area contributed by atoms with E-state index >= 15 is 0 Å². The van der Waals surface area contributed by atoms with Crippen LogP contribution in [0.1, 0.15) is 57.7 Å². The molecule has 0 aliphatic rings. The van der Waals surface area contributed by atoms with Gasteiger partial charge in [0.2, 0.25) is 0 Å². The van der Waals surface area contributed by atoms with Crippen LogP contribution < -0.4 is 11.3 Å². The number of allylic oxidation sites excluding steroid dienone is 1. The molecule has 100 valence electrons. The van der Waals surface area contributed by atoms with Crippen LogP contribution in [0.25, 0.3) is 0 Å². The second kappa shape index (κ2) is 6.17. The third-order valence-corrected chi connectivity index (χ3v) is 3.24. The van der Waals surface area contributed by atoms with Gasteiger partial charge in [0.25, 0.3) is 0 Å². The van der Waals surface area contributed by atoms with Crippen LogP contribution in [-0.4, -0.2) is 0 Å². The Bertz CT molecular complexity index is 385. The third kappa shape index (κ3) is 4.28. The van der Waals surface area contributed by atoms with Crippen LogP contribution in [0.2, 0.25) is 0 Å². The first-order chi connectivity index (χ1) is 8.34. The molecular weight excluding hydrogens is 220 g/mol. The number of hydrazine groups is 1. The minimum atomic E-state index is 0.196. The summed E-state index contributed by atoms with van der Waals surface area (Å²) < 4.78 is 0. The topological polar surface area (TPSA) is 38.0 Å². The summed E-state index contributed by atoms with van der Waals surface area (Å²) in [6.07, 6.45) is 1.98. The van der Waals surface area contributed by atoms with Gasteiger partial charge in [0.1, 0.15) is 0 Å². The maximum absolute atomic E-state index is 5.64. The molecule has 3 N–H and O–H groups in total. The summed E-state index contributed by atoms with van der Waals surface area (Å²) in [6.45, 7) is 12.7. The van der Waals surface area contributed by atoms with Gasteiger partial charge in [-0.25, -0.2) is 0 Å². The molecule has 0 bridgehead atoms. The smallest absolute Gasteiger partial charge is 0.0463 e. The summed E-state index contributed by atoms with van der Waals surface area (Å²) >= 11 is 0. The zero-order chi connectivity index (χ0) is 13.8. The number of benzene rings is 1. The largest absolute Gasteiger partial charge is 0.271 e. The predicted molar refractivity (Wildman–Crippen MR) is 79.3 cm³/mol. The van der Waals surface area contributed by atoms with Crippen molar-refractivity contribution in [2.45, 2.75) is 52.0 Å². The first kappa shape index (κ1) is 14.9. The lowest BCUT2D eigenvalue weighted by Gasteiger charge is -2.21. The summed E-state index contributed by atoms with van der Waals surface area (Å²) in [4.78, 5) is 0. The highest BCUT2D eigenvalue weighted by Gasteiger charge is 2.15. The van der Waals surface area contributed by atoms with Gasteiger partial charge in [0, 0.05) is 6.04 Å². The van der Waals surface area contributed by atoms with Crippen molar-refractivity contribution in [3.63, 3.8) is 0 Å². The van der Waals surface area contributed by atoms with E-state index in [1.807, 2.05) is 0 Å². The molecule has 1 aromatic rings. The molecule has 0 saturated carbocycles. The Balaban J connectivity index is 2.79. The summed E-state index contributed by atoms with van der Waals surface area (Å²) in [5.41, 5.74) is 6.87. The van der Waals surface area contributed by atoms with Crippen LogP contribution in [0.4, 0.5) is 0 Å². The van der Waals surface area contributed by atoms with Crippen molar-refractivity contribution < 1.29 is 0 Å². The van der Waals surface area contributed by atoms with Crippen LogP contribution >= 0.6 is 0 Å². The van der Waals surface area contributed by atoms with Gasteiger partial charge in [-0.2, -0.15) is 0 Å². The summed E-state index contributed by atoms with van der Waals surface area (Å²) in [5, 5.41) is 0. The lowest BCUT2D eigenvalue weighted by Crippen LogP contribution is -2.28. The molecule has 1 aromatic carbocycles. The van der Waals surface area contributed by atoms with E-state index < -0.39 is 0 Å². The molecule has 1 unspecified atom stereocenters. The Hall–Kier alpha value is -1.12. The number of hydrogen-bond acceptors (Lipinski definition) is 2. The molecule has 0 aliphatic carbocycles. The van der Waals surface area contributed by atoms with Crippen molar-refractivity contribution in [2.24, 2.45) is 5.84 Å². The highest BCUT2D eigenvalue weighted by molar-refractivity contribution is 5.29. The highest BCUT2D eigenvalue weighted by Crippen LogP contribution is 2.25. The second-order valence-electron chi connectivity index (χ2n) is 6.09. The van der Waals surface area contributed by atoms with E-state index in [4.69, 9.17) is 5.84 Å². The minimum absolute atomic E-state index is 0.196. The van der Waals surface area contributed by atoms with E-state index in [2.05, 4.69) is 64.0 Å². The Morgan fingerprint density at radius 2 is 1.83 bits per heavy atom. The van der Waals surface area contributed by atoms with E-state index in [0.29, 0.717) is 0 Å². The molecule has 1 atom stereocenters. The Morgan fingerprint density at radius 1 is 1.28 bits per heavy atom. The lowest BCUT2D eigenvalue weighted by atomic mass is 9.86. The van der Waals surface area contributed by atoms with Crippen molar-refractivity contribution in [1.29, 1.82) is 0 Å². The molecule has 0 fully saturated rings. The molecule has 1 rings (SSSR count). The maximum atomic E-state index is 5.64. The molecule has 0 radical (unpaired) electrons. The second-order valence-corrected chi connectivity index (χ2v) is 6.09. The number of hydrogen-bond donors (Lipinski definition) is 2. The SMILES string of the molecule is C=C(C)CCC(NN)c1ccc(C(C)(C)C)cc1. The molecule has 18 heavy (non-hydrogen) atoms. The van der Waals surface area contributed by atoms with Crippen molar-refractivity contribution in [3.05, 3.63) is 47.5 Å². The monoisotopic (exact) mass is 246 g/mol. The predicted octanol–water partition coefficient (Wildman–Crippen LogP) is 3.84. The molecule has 0 amide bonds. The summed E-state index contributed by atoms with van der Waals surface area (Å²) in [6, 6.07) is 8.93. The Kier molecular flexibility index (Phi) is 5.12. The van der Waals surface area contributed by atoms with Gasteiger partial charge >= 0.3 is 0 Å². The van der Waals surface area contributed by atoms with Crippen molar-refractivity contribution in [3.8, 4) is 0 Å². The van der Waals surface area contributed by atoms with Gasteiger partial charge in [-0.1, -0.05) is 50.6 Å². The molecule has 0 spiro atoms. The fraction of sp³-hybridized carbons (Fsp3) is 0.500. The molecular formula is C16H26N2. The van der Waals surface area contributed by atoms with Gasteiger partial charge < -0.3 is 0 Å². The molecule has 0 aromatic heterocycles. The Morgan fingerprint density at radius 3 is 2.22 bits per heavy atom. The lowest BCUT2D eigenvalue weighted by molar-refractivity contribution is 0.514. The standard InChI is InChI=1S/C16H26N2/c1-12(2)6-11-15(18-17)13-7-9-14(10-8-13)16(3,4)5/h7-10,15,18H,1,6,11,17H2,2-5H3. The number of nitrogens with one attached hydrogen (secondary N) is 1. The molecule has 0 aliphatic heterocycles. The number of rotatable bonds is 5. The number of nitrogens with two attached hydrogens (primary N) is 1. The van der Waals surface area contributed by atoms with Crippen LogP contribution in [0.3, 0.4) is 0 Å². The highest BCUT2D eigenvalue weighted by atomic mass is 15.2. The van der Waals surface area contributed by atoms with Crippen LogP contribution in [0.5, 0.6) is 0 Å². The zero-order valence-corrected chi connectivity index (χ0v) is 12.1. The summed E-state index contributed by atoms with van der Waals surface area (Å²) in [7, 11) is 0. The van der Waals surface area contributed by atoms with Crippen molar-refractivity contribution >= 4 is 0 Å². The van der Waals surface area contributed by atoms with E-state index in [-0.39, 0.29) is 11.5 Å². The van der Waals surface area contributed by atoms with Crippen molar-refractivity contribution in [2.75, 3.05) is 0 Å². The zero-order valence-electron chi connectivity index (χ0n) is 12.1. The van der Waals surface area contributed by atoms with Gasteiger partial charge in [0.15, 0.2) is 0 Å². The normalized spacial score (nSPS) is 13.4. The first-order valence-corrected chi connectivity index (χ1v) is 6.55. The van der Waals surface area contributed by atoms with Crippen LogP contribution in [0.15, 0.2) is 36.4 Å². The average molecular weight is 246 g/mol. The van der Waals surface area contributed by atoms with E-state index in [0.717, 1.165) is 12.8 Å². The van der Waals surface area contributed by atoms with Gasteiger partial charge in [-0.05, 0) is 36.3 Å². The van der Waals surface area contributed by atoms with E-state index in [1.165, 1.54) is 16.7 Å². The molecule has 2 nitrogen and oxygen atoms in total. The molecule has 2 heteroatoms. The van der Waals surface area contributed by atoms with Crippen molar-refractivity contribution in [1.82, 2.24) is 5.43 Å². The third-order valence-electron chi connectivity index (χ3n) is 3.24. The maximum Gasteiger partial charge on any atom is 0.0463 e. The van der Waals surface area contributed by atoms with E-state index in [1.54, 1.807) is 0 Å². The quantitative estimate of drug-likeness (QED) is 0.470. The first-order valence-electron chi connectivity index (χ1n) is 6.55. The molecule has 0 saturated heterocycles. The fourth-order valence-corrected chi connectivity index (χ4v) is 1.95. The molecule has 0 heterocycles. The van der Waals surface area contributed by atoms with Gasteiger partial charge in [-0.15, -0.1) is 6.58 Å². The minimum Gasteiger partial charge on any atom is -0.271 e. The Labute approximate surface area is 111 Å². The summed E-state index contributed by atoms with van der Waals surface area (Å²) in [5.74, 6) is 5.64. The average Bonchev–Trinajstić information content (AvgIpc) is 2.29. The van der Waals surface area contributed by atoms with Gasteiger partial charge in [0.05, 0.1) is 0 Å². The van der Waals surface area contributed by atoms with Gasteiger partial charge in [-0.3, -0.25) is 11.3 Å². The fourth-order valence-electron chi connectivity index (χ4n) is 1.95. The van der Waals surface area contributed by atoms with E-state index in [9.17, 15) is 0 Å².